The summed E-state index contributed by atoms with van der Waals surface area (Å²) in [5.41, 5.74) is 2.55. The molecule has 0 radical (unpaired) electrons. The van der Waals surface area contributed by atoms with Crippen LogP contribution in [0.1, 0.15) is 30.5 Å². The lowest BCUT2D eigenvalue weighted by atomic mass is 10.0. The third kappa shape index (κ3) is 7.56. The average molecular weight is 630 g/mol. The Hall–Kier alpha value is -3.45. The minimum atomic E-state index is -3.90. The molecule has 1 amide bonds. The fraction of sp³-hybridized carbons (Fsp3) is 0.387. The number of rotatable bonds is 9. The van der Waals surface area contributed by atoms with E-state index in [1.807, 2.05) is 20.8 Å². The predicted octanol–water partition coefficient (Wildman–Crippen LogP) is 3.57. The number of carbonyl (C=O) groups is 1. The van der Waals surface area contributed by atoms with Gasteiger partial charge in [0.2, 0.25) is 15.9 Å². The van der Waals surface area contributed by atoms with E-state index in [1.165, 1.54) is 23.5 Å². The molecule has 0 aliphatic carbocycles. The van der Waals surface area contributed by atoms with Gasteiger partial charge in [-0.25, -0.2) is 16.8 Å². The molecule has 10 nitrogen and oxygen atoms in total. The van der Waals surface area contributed by atoms with Gasteiger partial charge in [-0.1, -0.05) is 42.3 Å². The Morgan fingerprint density at radius 3 is 2.14 bits per heavy atom. The zero-order valence-corrected chi connectivity index (χ0v) is 26.7. The first kappa shape index (κ1) is 32.5. The molecule has 3 aromatic carbocycles. The highest BCUT2D eigenvalue weighted by Gasteiger charge is 2.33. The number of benzene rings is 3. The molecular weight excluding hydrogens is 590 g/mol. The first-order chi connectivity index (χ1) is 20.2. The molecule has 0 fully saturated rings. The van der Waals surface area contributed by atoms with Gasteiger partial charge in [0, 0.05) is 30.8 Å². The molecule has 232 valence electrons. The maximum Gasteiger partial charge on any atom is 0.261 e. The molecule has 1 heterocycles. The Labute approximate surface area is 254 Å². The molecule has 3 atom stereocenters. The number of aliphatic hydroxyl groups is 1. The summed E-state index contributed by atoms with van der Waals surface area (Å²) in [5, 5.41) is 9.89. The van der Waals surface area contributed by atoms with E-state index < -0.39 is 32.2 Å². The van der Waals surface area contributed by atoms with Crippen molar-refractivity contribution < 1.29 is 31.5 Å². The van der Waals surface area contributed by atoms with Crippen LogP contribution in [0.3, 0.4) is 0 Å². The molecule has 0 bridgehead atoms. The van der Waals surface area contributed by atoms with Gasteiger partial charge in [0.25, 0.3) is 10.0 Å². The molecule has 0 saturated carbocycles. The molecule has 0 aromatic heterocycles. The van der Waals surface area contributed by atoms with Crippen LogP contribution in [0.4, 0.5) is 5.69 Å². The normalized spacial score (nSPS) is 18.7. The van der Waals surface area contributed by atoms with Crippen LogP contribution in [0.15, 0.2) is 76.5 Å². The minimum Gasteiger partial charge on any atom is -0.488 e. The number of sulfonamides is 2. The Balaban J connectivity index is 1.68. The van der Waals surface area contributed by atoms with Crippen molar-refractivity contribution in [1.82, 2.24) is 9.21 Å². The molecule has 0 saturated heterocycles. The SMILES string of the molecule is Cc1ccc(S(=O)(=O)Nc2ccc3c(c2)CC(=O)N([C@H](C)CO)C[C@H](C)[C@@H](CN(C)S(=O)(=O)c2ccc(C)cc2)O3)cc1. The van der Waals surface area contributed by atoms with Crippen LogP contribution >= 0.6 is 0 Å². The molecule has 1 aliphatic rings. The van der Waals surface area contributed by atoms with E-state index in [1.54, 1.807) is 66.4 Å². The Morgan fingerprint density at radius 1 is 0.977 bits per heavy atom. The molecule has 1 aliphatic heterocycles. The Bertz CT molecular complexity index is 1660. The van der Waals surface area contributed by atoms with Gasteiger partial charge in [0.15, 0.2) is 0 Å². The average Bonchev–Trinajstić information content (AvgIpc) is 3.00. The second-order valence-electron chi connectivity index (χ2n) is 11.2. The van der Waals surface area contributed by atoms with Gasteiger partial charge in [-0.15, -0.1) is 0 Å². The predicted molar refractivity (Wildman–Crippen MR) is 165 cm³/mol. The van der Waals surface area contributed by atoms with E-state index in [9.17, 15) is 26.7 Å². The maximum absolute atomic E-state index is 13.5. The molecule has 3 aromatic rings. The first-order valence-electron chi connectivity index (χ1n) is 14.0. The summed E-state index contributed by atoms with van der Waals surface area (Å²) >= 11 is 0. The summed E-state index contributed by atoms with van der Waals surface area (Å²) in [4.78, 5) is 15.3. The van der Waals surface area contributed by atoms with Gasteiger partial charge in [0.1, 0.15) is 11.9 Å². The van der Waals surface area contributed by atoms with Crippen LogP contribution in [-0.2, 0) is 31.3 Å². The van der Waals surface area contributed by atoms with Gasteiger partial charge in [-0.05, 0) is 63.2 Å². The zero-order valence-electron chi connectivity index (χ0n) is 25.0. The molecule has 0 spiro atoms. The van der Waals surface area contributed by atoms with Crippen molar-refractivity contribution in [2.45, 2.75) is 56.1 Å². The van der Waals surface area contributed by atoms with Crippen molar-refractivity contribution in [3.8, 4) is 5.75 Å². The number of nitrogens with one attached hydrogen (secondary N) is 1. The number of fused-ring (bicyclic) bond motifs is 1. The molecule has 2 N–H and O–H groups in total. The standard InChI is InChI=1S/C31H39N3O7S2/c1-21-6-11-27(12-7-21)42(37,38)32-26-10-15-29-25(16-26)17-31(36)34(24(4)20-35)18-23(3)30(41-29)19-33(5)43(39,40)28-13-8-22(2)9-14-28/h6-16,23-24,30,32,35H,17-20H2,1-5H3/t23-,24+,30+/m0/s1. The number of likely N-dealkylation sites (N-methyl/N-ethyl adjacent to an activating group) is 1. The largest absolute Gasteiger partial charge is 0.488 e. The lowest BCUT2D eigenvalue weighted by Gasteiger charge is -2.33. The molecular formula is C31H39N3O7S2. The minimum absolute atomic E-state index is 0.00580. The van der Waals surface area contributed by atoms with Crippen molar-refractivity contribution in [2.24, 2.45) is 5.92 Å². The highest BCUT2D eigenvalue weighted by Crippen LogP contribution is 2.30. The van der Waals surface area contributed by atoms with Crippen molar-refractivity contribution in [1.29, 1.82) is 0 Å². The summed E-state index contributed by atoms with van der Waals surface area (Å²) in [5.74, 6) is -0.236. The Morgan fingerprint density at radius 2 is 1.56 bits per heavy atom. The van der Waals surface area contributed by atoms with Crippen LogP contribution in [0.2, 0.25) is 0 Å². The molecule has 4 rings (SSSR count). The monoisotopic (exact) mass is 629 g/mol. The summed E-state index contributed by atoms with van der Waals surface area (Å²) in [7, 11) is -6.24. The fourth-order valence-corrected chi connectivity index (χ4v) is 7.12. The van der Waals surface area contributed by atoms with Gasteiger partial charge >= 0.3 is 0 Å². The van der Waals surface area contributed by atoms with Crippen LogP contribution in [0.25, 0.3) is 0 Å². The van der Waals surface area contributed by atoms with E-state index in [-0.39, 0.29) is 53.4 Å². The van der Waals surface area contributed by atoms with E-state index in [0.29, 0.717) is 11.3 Å². The van der Waals surface area contributed by atoms with Gasteiger partial charge in [-0.3, -0.25) is 9.52 Å². The number of amides is 1. The van der Waals surface area contributed by atoms with Crippen molar-refractivity contribution in [3.63, 3.8) is 0 Å². The van der Waals surface area contributed by atoms with Gasteiger partial charge < -0.3 is 14.7 Å². The van der Waals surface area contributed by atoms with Crippen molar-refractivity contribution in [2.75, 3.05) is 31.5 Å². The van der Waals surface area contributed by atoms with Crippen LogP contribution in [0, 0.1) is 19.8 Å². The number of anilines is 1. The second-order valence-corrected chi connectivity index (χ2v) is 15.0. The number of nitrogens with zero attached hydrogens (tertiary/aromatic N) is 2. The van der Waals surface area contributed by atoms with E-state index in [2.05, 4.69) is 4.72 Å². The van der Waals surface area contributed by atoms with E-state index >= 15 is 0 Å². The van der Waals surface area contributed by atoms with Crippen molar-refractivity contribution >= 4 is 31.6 Å². The zero-order chi connectivity index (χ0) is 31.5. The fourth-order valence-electron chi connectivity index (χ4n) is 4.88. The van der Waals surface area contributed by atoms with Crippen LogP contribution in [-0.4, -0.2) is 75.9 Å². The number of aliphatic hydroxyl groups excluding tert-OH is 1. The maximum atomic E-state index is 13.5. The van der Waals surface area contributed by atoms with Crippen LogP contribution < -0.4 is 9.46 Å². The Kier molecular flexibility index (Phi) is 9.85. The molecule has 43 heavy (non-hydrogen) atoms. The summed E-state index contributed by atoms with van der Waals surface area (Å²) < 4.78 is 63.1. The third-order valence-corrected chi connectivity index (χ3v) is 10.9. The molecule has 0 unspecified atom stereocenters. The number of hydrogen-bond acceptors (Lipinski definition) is 7. The van der Waals surface area contributed by atoms with Gasteiger partial charge in [0.05, 0.1) is 35.4 Å². The lowest BCUT2D eigenvalue weighted by molar-refractivity contribution is -0.134. The van der Waals surface area contributed by atoms with Crippen molar-refractivity contribution in [3.05, 3.63) is 83.4 Å². The topological polar surface area (TPSA) is 133 Å². The smallest absolute Gasteiger partial charge is 0.261 e. The number of aryl methyl sites for hydroxylation is 2. The number of carbonyl (C=O) groups excluding carboxylic acids is 1. The quantitative estimate of drug-likeness (QED) is 0.370. The lowest BCUT2D eigenvalue weighted by Crippen LogP contribution is -2.48. The first-order valence-corrected chi connectivity index (χ1v) is 17.0. The van der Waals surface area contributed by atoms with E-state index in [4.69, 9.17) is 4.74 Å². The number of hydrogen-bond donors (Lipinski definition) is 2. The number of ether oxygens (including phenoxy) is 1. The van der Waals surface area contributed by atoms with Crippen LogP contribution in [0.5, 0.6) is 5.75 Å². The van der Waals surface area contributed by atoms with Gasteiger partial charge in [-0.2, -0.15) is 4.31 Å². The molecule has 12 heteroatoms. The summed E-state index contributed by atoms with van der Waals surface area (Å²) in [6.45, 7) is 7.32. The highest BCUT2D eigenvalue weighted by atomic mass is 32.2. The third-order valence-electron chi connectivity index (χ3n) is 7.67. The second kappa shape index (κ2) is 13.0. The van der Waals surface area contributed by atoms with E-state index in [0.717, 1.165) is 11.1 Å². The highest BCUT2D eigenvalue weighted by molar-refractivity contribution is 7.92. The summed E-state index contributed by atoms with van der Waals surface area (Å²) in [6, 6.07) is 17.3. The summed E-state index contributed by atoms with van der Waals surface area (Å²) in [6.07, 6.45) is -0.769.